The van der Waals surface area contributed by atoms with Crippen molar-refractivity contribution in [2.24, 2.45) is 0 Å². The maximum Gasteiger partial charge on any atom is 0.238 e. The molecule has 0 aromatic carbocycles. The lowest BCUT2D eigenvalue weighted by molar-refractivity contribution is -0.134. The van der Waals surface area contributed by atoms with Crippen LogP contribution in [0.5, 0.6) is 0 Å². The third-order valence-electron chi connectivity index (χ3n) is 5.04. The molecule has 0 aliphatic carbocycles. The maximum atomic E-state index is 12.3. The lowest BCUT2D eigenvalue weighted by Crippen LogP contribution is -2.48. The van der Waals surface area contributed by atoms with Gasteiger partial charge in [-0.25, -0.2) is 0 Å². The van der Waals surface area contributed by atoms with Gasteiger partial charge in [-0.1, -0.05) is 6.92 Å². The molecule has 8 nitrogen and oxygen atoms in total. The molecule has 1 aromatic heterocycles. The van der Waals surface area contributed by atoms with E-state index in [1.165, 1.54) is 0 Å². The minimum absolute atomic E-state index is 0.0607. The zero-order chi connectivity index (χ0) is 19.2. The van der Waals surface area contributed by atoms with E-state index in [0.29, 0.717) is 30.8 Å². The summed E-state index contributed by atoms with van der Waals surface area (Å²) in [6, 6.07) is 3.49. The molecule has 1 unspecified atom stereocenters. The Hall–Kier alpha value is -2.32. The van der Waals surface area contributed by atoms with Crippen LogP contribution in [0.4, 0.5) is 5.69 Å². The van der Waals surface area contributed by atoms with Crippen LogP contribution >= 0.6 is 0 Å². The fourth-order valence-corrected chi connectivity index (χ4v) is 3.55. The van der Waals surface area contributed by atoms with Crippen LogP contribution in [0, 0.1) is 0 Å². The minimum atomic E-state index is -0.410. The molecule has 0 saturated carbocycles. The first-order valence-electron chi connectivity index (χ1n) is 9.59. The summed E-state index contributed by atoms with van der Waals surface area (Å²) in [5.74, 6) is -1.02. The van der Waals surface area contributed by atoms with Crippen LogP contribution in [0.25, 0.3) is 0 Å². The highest BCUT2D eigenvalue weighted by molar-refractivity contribution is 6.00. The van der Waals surface area contributed by atoms with Crippen LogP contribution in [-0.2, 0) is 14.4 Å². The molecule has 2 N–H and O–H groups in total. The van der Waals surface area contributed by atoms with Crippen molar-refractivity contribution in [3.8, 4) is 0 Å². The average Bonchev–Trinajstić information content (AvgIpc) is 2.64. The Morgan fingerprint density at radius 3 is 2.59 bits per heavy atom. The van der Waals surface area contributed by atoms with Crippen molar-refractivity contribution in [2.75, 3.05) is 44.6 Å². The first-order chi connectivity index (χ1) is 13.0. The summed E-state index contributed by atoms with van der Waals surface area (Å²) in [6.45, 7) is 7.48. The van der Waals surface area contributed by atoms with E-state index in [2.05, 4.69) is 32.3 Å². The normalized spacial score (nSPS) is 21.7. The Morgan fingerprint density at radius 1 is 1.22 bits per heavy atom. The Kier molecular flexibility index (Phi) is 6.52. The summed E-state index contributed by atoms with van der Waals surface area (Å²) in [7, 11) is 0. The van der Waals surface area contributed by atoms with Crippen LogP contribution in [0.3, 0.4) is 0 Å². The number of nitrogens with zero attached hydrogens (tertiary/aromatic N) is 3. The highest BCUT2D eigenvalue weighted by Crippen LogP contribution is 2.23. The molecule has 3 rings (SSSR count). The number of amides is 3. The number of aromatic nitrogens is 1. The maximum absolute atomic E-state index is 12.3. The van der Waals surface area contributed by atoms with Crippen molar-refractivity contribution in [3.63, 3.8) is 0 Å². The quantitative estimate of drug-likeness (QED) is 0.708. The van der Waals surface area contributed by atoms with Gasteiger partial charge >= 0.3 is 0 Å². The number of imide groups is 1. The first-order valence-corrected chi connectivity index (χ1v) is 9.59. The number of pyridine rings is 1. The van der Waals surface area contributed by atoms with Crippen molar-refractivity contribution >= 4 is 23.4 Å². The fraction of sp³-hybridized carbons (Fsp3) is 0.579. The SMILES string of the molecule is CCCN1CCN(CC(=O)Nc2ccc(C3CCC(=O)NC3=O)nc2)CC1. The molecule has 3 amide bonds. The van der Waals surface area contributed by atoms with Gasteiger partial charge in [-0.2, -0.15) is 0 Å². The van der Waals surface area contributed by atoms with E-state index in [1.54, 1.807) is 18.3 Å². The van der Waals surface area contributed by atoms with Crippen molar-refractivity contribution in [2.45, 2.75) is 32.1 Å². The van der Waals surface area contributed by atoms with E-state index in [9.17, 15) is 14.4 Å². The van der Waals surface area contributed by atoms with Gasteiger partial charge < -0.3 is 10.2 Å². The van der Waals surface area contributed by atoms with Gasteiger partial charge in [0.05, 0.1) is 30.0 Å². The monoisotopic (exact) mass is 373 g/mol. The van der Waals surface area contributed by atoms with Crippen LogP contribution in [0.15, 0.2) is 18.3 Å². The lowest BCUT2D eigenvalue weighted by Gasteiger charge is -2.34. The molecular formula is C19H27N5O3. The largest absolute Gasteiger partial charge is 0.324 e. The summed E-state index contributed by atoms with van der Waals surface area (Å²) >= 11 is 0. The van der Waals surface area contributed by atoms with Crippen molar-refractivity contribution in [1.82, 2.24) is 20.1 Å². The van der Waals surface area contributed by atoms with Crippen LogP contribution < -0.4 is 10.6 Å². The zero-order valence-electron chi connectivity index (χ0n) is 15.7. The molecule has 27 heavy (non-hydrogen) atoms. The van der Waals surface area contributed by atoms with E-state index in [-0.39, 0.29) is 17.7 Å². The highest BCUT2D eigenvalue weighted by atomic mass is 16.2. The predicted octanol–water partition coefficient (Wildman–Crippen LogP) is 0.568. The van der Waals surface area contributed by atoms with Gasteiger partial charge in [-0.3, -0.25) is 29.6 Å². The molecule has 2 aliphatic heterocycles. The van der Waals surface area contributed by atoms with E-state index >= 15 is 0 Å². The van der Waals surface area contributed by atoms with Gasteiger partial charge in [-0.15, -0.1) is 0 Å². The Bertz CT molecular complexity index is 683. The van der Waals surface area contributed by atoms with Crippen molar-refractivity contribution < 1.29 is 14.4 Å². The number of anilines is 1. The minimum Gasteiger partial charge on any atom is -0.324 e. The molecule has 0 radical (unpaired) electrons. The van der Waals surface area contributed by atoms with Crippen molar-refractivity contribution in [3.05, 3.63) is 24.0 Å². The molecule has 3 heterocycles. The number of hydrogen-bond acceptors (Lipinski definition) is 6. The number of carbonyl (C=O) groups is 3. The fourth-order valence-electron chi connectivity index (χ4n) is 3.55. The molecule has 0 spiro atoms. The molecule has 2 aliphatic rings. The molecule has 2 fully saturated rings. The van der Waals surface area contributed by atoms with Gasteiger partial charge in [0.25, 0.3) is 0 Å². The van der Waals surface area contributed by atoms with E-state index in [4.69, 9.17) is 0 Å². The van der Waals surface area contributed by atoms with Gasteiger partial charge in [0.1, 0.15) is 0 Å². The number of nitrogens with one attached hydrogen (secondary N) is 2. The Morgan fingerprint density at radius 2 is 1.96 bits per heavy atom. The lowest BCUT2D eigenvalue weighted by atomic mass is 9.94. The topological polar surface area (TPSA) is 94.6 Å². The second-order valence-electron chi connectivity index (χ2n) is 7.14. The number of rotatable bonds is 6. The van der Waals surface area contributed by atoms with Gasteiger partial charge in [0.15, 0.2) is 0 Å². The highest BCUT2D eigenvalue weighted by Gasteiger charge is 2.28. The number of piperidine rings is 1. The van der Waals surface area contributed by atoms with Crippen molar-refractivity contribution in [1.29, 1.82) is 0 Å². The average molecular weight is 373 g/mol. The van der Waals surface area contributed by atoms with E-state index < -0.39 is 5.92 Å². The molecule has 2 saturated heterocycles. The smallest absolute Gasteiger partial charge is 0.238 e. The molecule has 8 heteroatoms. The van der Waals surface area contributed by atoms with E-state index in [1.807, 2.05) is 0 Å². The van der Waals surface area contributed by atoms with Gasteiger partial charge in [-0.05, 0) is 31.5 Å². The second-order valence-corrected chi connectivity index (χ2v) is 7.14. The Balaban J connectivity index is 1.47. The molecule has 1 aromatic rings. The third kappa shape index (κ3) is 5.33. The summed E-state index contributed by atoms with van der Waals surface area (Å²) in [5, 5.41) is 5.20. The predicted molar refractivity (Wildman–Crippen MR) is 101 cm³/mol. The first kappa shape index (κ1) is 19.4. The summed E-state index contributed by atoms with van der Waals surface area (Å²) in [6.07, 6.45) is 3.51. The number of carbonyl (C=O) groups excluding carboxylic acids is 3. The van der Waals surface area contributed by atoms with E-state index in [0.717, 1.165) is 39.1 Å². The summed E-state index contributed by atoms with van der Waals surface area (Å²) in [4.78, 5) is 44.3. The van der Waals surface area contributed by atoms with Gasteiger partial charge in [0, 0.05) is 32.6 Å². The van der Waals surface area contributed by atoms with Crippen LogP contribution in [0.1, 0.15) is 37.8 Å². The zero-order valence-corrected chi connectivity index (χ0v) is 15.7. The van der Waals surface area contributed by atoms with Crippen LogP contribution in [0.2, 0.25) is 0 Å². The molecular weight excluding hydrogens is 346 g/mol. The van der Waals surface area contributed by atoms with Gasteiger partial charge in [0.2, 0.25) is 17.7 Å². The molecule has 1 atom stereocenters. The molecule has 0 bridgehead atoms. The summed E-state index contributed by atoms with van der Waals surface area (Å²) < 4.78 is 0. The number of hydrogen-bond donors (Lipinski definition) is 2. The second kappa shape index (κ2) is 9.05. The third-order valence-corrected chi connectivity index (χ3v) is 5.04. The molecule has 146 valence electrons. The summed E-state index contributed by atoms with van der Waals surface area (Å²) in [5.41, 5.74) is 1.23. The van der Waals surface area contributed by atoms with Crippen LogP contribution in [-0.4, -0.2) is 71.8 Å². The number of piperazine rings is 1. The Labute approximate surface area is 159 Å². The standard InChI is InChI=1S/C19H27N5O3/c1-2-7-23-8-10-24(11-9-23)13-18(26)21-14-3-5-16(20-12-14)15-4-6-17(25)22-19(15)27/h3,5,12,15H,2,4,6-11,13H2,1H3,(H,21,26)(H,22,25,27).